The third-order valence-electron chi connectivity index (χ3n) is 2.27. The molecule has 0 bridgehead atoms. The highest BCUT2D eigenvalue weighted by Crippen LogP contribution is 2.19. The van der Waals surface area contributed by atoms with Gasteiger partial charge in [-0.15, -0.1) is 0 Å². The average Bonchev–Trinajstić information content (AvgIpc) is 2.19. The summed E-state index contributed by atoms with van der Waals surface area (Å²) in [6, 6.07) is 8.06. The summed E-state index contributed by atoms with van der Waals surface area (Å²) in [7, 11) is 0. The summed E-state index contributed by atoms with van der Waals surface area (Å²) < 4.78 is 0. The minimum Gasteiger partial charge on any atom is -0.370 e. The molecular weight excluding hydrogens is 174 g/mol. The zero-order valence-corrected chi connectivity index (χ0v) is 8.75. The Bertz CT molecular complexity index is 320. The van der Waals surface area contributed by atoms with E-state index in [9.17, 15) is 0 Å². The molecule has 14 heavy (non-hydrogen) atoms. The molecular formula is C11H17N3. The Balaban J connectivity index is 3.08. The highest BCUT2D eigenvalue weighted by Gasteiger charge is 2.09. The van der Waals surface area contributed by atoms with Crippen LogP contribution in [-0.2, 0) is 6.42 Å². The van der Waals surface area contributed by atoms with Gasteiger partial charge in [-0.05, 0) is 25.0 Å². The van der Waals surface area contributed by atoms with Crippen LogP contribution >= 0.6 is 0 Å². The van der Waals surface area contributed by atoms with E-state index < -0.39 is 0 Å². The van der Waals surface area contributed by atoms with Crippen molar-refractivity contribution in [2.24, 2.45) is 5.73 Å². The van der Waals surface area contributed by atoms with Gasteiger partial charge in [0.2, 0.25) is 0 Å². The van der Waals surface area contributed by atoms with Crippen LogP contribution in [0.3, 0.4) is 0 Å². The van der Waals surface area contributed by atoms with Crippen LogP contribution < -0.4 is 10.6 Å². The molecule has 0 atom stereocenters. The third kappa shape index (κ3) is 2.05. The number of aryl methyl sites for hydroxylation is 1. The molecule has 0 heterocycles. The zero-order chi connectivity index (χ0) is 10.6. The quantitative estimate of drug-likeness (QED) is 0.567. The summed E-state index contributed by atoms with van der Waals surface area (Å²) in [5.41, 5.74) is 7.78. The van der Waals surface area contributed by atoms with Crippen LogP contribution in [0.15, 0.2) is 24.3 Å². The van der Waals surface area contributed by atoms with E-state index in [1.807, 2.05) is 25.1 Å². The summed E-state index contributed by atoms with van der Waals surface area (Å²) in [5, 5.41) is 7.46. The van der Waals surface area contributed by atoms with Crippen molar-refractivity contribution in [3.05, 3.63) is 29.8 Å². The Hall–Kier alpha value is -1.51. The van der Waals surface area contributed by atoms with Gasteiger partial charge in [0.15, 0.2) is 5.96 Å². The van der Waals surface area contributed by atoms with E-state index >= 15 is 0 Å². The van der Waals surface area contributed by atoms with Gasteiger partial charge < -0.3 is 10.6 Å². The lowest BCUT2D eigenvalue weighted by molar-refractivity contribution is 1.00. The number of nitrogens with two attached hydrogens (primary N) is 1. The van der Waals surface area contributed by atoms with E-state index in [1.54, 1.807) is 4.90 Å². The molecule has 3 nitrogen and oxygen atoms in total. The topological polar surface area (TPSA) is 53.1 Å². The second-order valence-electron chi connectivity index (χ2n) is 3.11. The van der Waals surface area contributed by atoms with Gasteiger partial charge >= 0.3 is 0 Å². The summed E-state index contributed by atoms with van der Waals surface area (Å²) in [6.07, 6.45) is 0.958. The maximum Gasteiger partial charge on any atom is 0.192 e. The van der Waals surface area contributed by atoms with Crippen LogP contribution in [0.5, 0.6) is 0 Å². The third-order valence-corrected chi connectivity index (χ3v) is 2.27. The smallest absolute Gasteiger partial charge is 0.192 e. The molecule has 0 aliphatic carbocycles. The molecule has 76 valence electrons. The minimum absolute atomic E-state index is 0.105. The molecule has 0 aliphatic rings. The molecule has 0 unspecified atom stereocenters. The maximum atomic E-state index is 7.46. The molecule has 0 aromatic heterocycles. The van der Waals surface area contributed by atoms with E-state index in [-0.39, 0.29) is 5.96 Å². The Kier molecular flexibility index (Phi) is 3.51. The molecule has 0 fully saturated rings. The predicted molar refractivity (Wildman–Crippen MR) is 60.8 cm³/mol. The fourth-order valence-corrected chi connectivity index (χ4v) is 1.54. The van der Waals surface area contributed by atoms with Gasteiger partial charge in [-0.1, -0.05) is 25.1 Å². The molecule has 1 aromatic carbocycles. The van der Waals surface area contributed by atoms with Crippen molar-refractivity contribution in [1.29, 1.82) is 5.41 Å². The Morgan fingerprint density at radius 3 is 2.50 bits per heavy atom. The molecule has 0 saturated carbocycles. The van der Waals surface area contributed by atoms with Crippen LogP contribution in [0.2, 0.25) is 0 Å². The number of nitrogens with one attached hydrogen (secondary N) is 1. The monoisotopic (exact) mass is 191 g/mol. The number of rotatable bonds is 3. The van der Waals surface area contributed by atoms with Crippen LogP contribution in [0, 0.1) is 5.41 Å². The second-order valence-corrected chi connectivity index (χ2v) is 3.11. The van der Waals surface area contributed by atoms with Crippen molar-refractivity contribution in [2.45, 2.75) is 20.3 Å². The maximum absolute atomic E-state index is 7.46. The van der Waals surface area contributed by atoms with Crippen molar-refractivity contribution >= 4 is 11.6 Å². The minimum atomic E-state index is 0.105. The number of hydrogen-bond donors (Lipinski definition) is 2. The van der Waals surface area contributed by atoms with Gasteiger partial charge in [0, 0.05) is 12.2 Å². The Labute approximate surface area is 85.0 Å². The van der Waals surface area contributed by atoms with Gasteiger partial charge in [-0.25, -0.2) is 0 Å². The lowest BCUT2D eigenvalue weighted by Crippen LogP contribution is -2.36. The standard InChI is InChI=1S/C11H17N3/c1-3-9-7-5-6-8-10(9)14(4-2)11(12)13/h5-8H,3-4H2,1-2H3,(H3,12,13). The first kappa shape index (κ1) is 10.6. The number of anilines is 1. The van der Waals surface area contributed by atoms with Crippen molar-refractivity contribution in [1.82, 2.24) is 0 Å². The highest BCUT2D eigenvalue weighted by molar-refractivity contribution is 5.93. The van der Waals surface area contributed by atoms with Gasteiger partial charge in [-0.3, -0.25) is 5.41 Å². The largest absolute Gasteiger partial charge is 0.370 e. The van der Waals surface area contributed by atoms with Crippen LogP contribution in [0.4, 0.5) is 5.69 Å². The summed E-state index contributed by atoms with van der Waals surface area (Å²) in [4.78, 5) is 1.80. The van der Waals surface area contributed by atoms with Crippen molar-refractivity contribution in [3.8, 4) is 0 Å². The van der Waals surface area contributed by atoms with E-state index in [0.717, 1.165) is 18.7 Å². The van der Waals surface area contributed by atoms with Crippen LogP contribution in [-0.4, -0.2) is 12.5 Å². The molecule has 1 aromatic rings. The van der Waals surface area contributed by atoms with Crippen LogP contribution in [0.1, 0.15) is 19.4 Å². The highest BCUT2D eigenvalue weighted by atomic mass is 15.2. The van der Waals surface area contributed by atoms with E-state index in [1.165, 1.54) is 5.56 Å². The zero-order valence-electron chi connectivity index (χ0n) is 8.75. The van der Waals surface area contributed by atoms with Crippen LogP contribution in [0.25, 0.3) is 0 Å². The number of para-hydroxylation sites is 1. The fourth-order valence-electron chi connectivity index (χ4n) is 1.54. The molecule has 1 rings (SSSR count). The van der Waals surface area contributed by atoms with Gasteiger partial charge in [-0.2, -0.15) is 0 Å². The molecule has 0 saturated heterocycles. The first-order chi connectivity index (χ1) is 6.70. The molecule has 3 N–H and O–H groups in total. The molecule has 0 spiro atoms. The van der Waals surface area contributed by atoms with E-state index in [4.69, 9.17) is 11.1 Å². The van der Waals surface area contributed by atoms with Crippen molar-refractivity contribution in [3.63, 3.8) is 0 Å². The average molecular weight is 191 g/mol. The summed E-state index contributed by atoms with van der Waals surface area (Å²) >= 11 is 0. The second kappa shape index (κ2) is 4.65. The molecule has 0 aliphatic heterocycles. The van der Waals surface area contributed by atoms with Crippen molar-refractivity contribution in [2.75, 3.05) is 11.4 Å². The molecule has 0 amide bonds. The Morgan fingerprint density at radius 1 is 1.36 bits per heavy atom. The van der Waals surface area contributed by atoms with Gasteiger partial charge in [0.1, 0.15) is 0 Å². The summed E-state index contributed by atoms with van der Waals surface area (Å²) in [6.45, 7) is 4.83. The number of nitrogens with zero attached hydrogens (tertiary/aromatic N) is 1. The van der Waals surface area contributed by atoms with Gasteiger partial charge in [0.25, 0.3) is 0 Å². The number of guanidine groups is 1. The lowest BCUT2D eigenvalue weighted by Gasteiger charge is -2.23. The number of hydrogen-bond acceptors (Lipinski definition) is 1. The fraction of sp³-hybridized carbons (Fsp3) is 0.364. The van der Waals surface area contributed by atoms with Gasteiger partial charge in [0.05, 0.1) is 0 Å². The van der Waals surface area contributed by atoms with Crippen molar-refractivity contribution < 1.29 is 0 Å². The number of benzene rings is 1. The Morgan fingerprint density at radius 2 is 2.00 bits per heavy atom. The normalized spacial score (nSPS) is 9.86. The first-order valence-electron chi connectivity index (χ1n) is 4.90. The predicted octanol–water partition coefficient (Wildman–Crippen LogP) is 1.97. The molecule has 3 heteroatoms. The first-order valence-corrected chi connectivity index (χ1v) is 4.90. The molecule has 0 radical (unpaired) electrons. The lowest BCUT2D eigenvalue weighted by atomic mass is 10.1. The van der Waals surface area contributed by atoms with E-state index in [2.05, 4.69) is 13.0 Å². The van der Waals surface area contributed by atoms with E-state index in [0.29, 0.717) is 0 Å². The summed E-state index contributed by atoms with van der Waals surface area (Å²) in [5.74, 6) is 0.105. The SMILES string of the molecule is CCc1ccccc1N(CC)C(=N)N.